The molecule has 0 aromatic heterocycles. The molecule has 0 saturated heterocycles. The first-order chi connectivity index (χ1) is 11.9. The predicted octanol–water partition coefficient (Wildman–Crippen LogP) is 5.23. The number of carbonyl (C=O) groups excluding carboxylic acids is 2. The van der Waals surface area contributed by atoms with Crippen LogP contribution in [0.3, 0.4) is 0 Å². The minimum atomic E-state index is -0.984. The van der Waals surface area contributed by atoms with Crippen molar-refractivity contribution >= 4 is 58.4 Å². The summed E-state index contributed by atoms with van der Waals surface area (Å²) in [5.41, 5.74) is 1.13. The van der Waals surface area contributed by atoms with E-state index in [4.69, 9.17) is 39.5 Å². The number of ether oxygens (including phenoxy) is 1. The number of para-hydroxylation sites is 1. The molecule has 1 atom stereocenters. The maximum Gasteiger partial charge on any atom is 0.331 e. The minimum absolute atomic E-state index is 0.379. The second kappa shape index (κ2) is 8.90. The topological polar surface area (TPSA) is 55.4 Å². The van der Waals surface area contributed by atoms with Crippen molar-refractivity contribution in [2.75, 3.05) is 5.32 Å². The predicted molar refractivity (Wildman–Crippen MR) is 101 cm³/mol. The number of benzene rings is 2. The fourth-order valence-electron chi connectivity index (χ4n) is 1.84. The summed E-state index contributed by atoms with van der Waals surface area (Å²) in [4.78, 5) is 23.9. The van der Waals surface area contributed by atoms with Gasteiger partial charge in [0.15, 0.2) is 6.10 Å². The molecule has 1 amide bonds. The van der Waals surface area contributed by atoms with Gasteiger partial charge in [-0.15, -0.1) is 0 Å². The fourth-order valence-corrected chi connectivity index (χ4v) is 2.33. The van der Waals surface area contributed by atoms with E-state index in [9.17, 15) is 9.59 Å². The van der Waals surface area contributed by atoms with E-state index in [0.717, 1.165) is 0 Å². The molecule has 0 aliphatic heterocycles. The SMILES string of the molecule is C[C@H](OC(=O)/C=C/c1ccc(Cl)c(Cl)c1)C(=O)Nc1ccccc1Cl. The van der Waals surface area contributed by atoms with Crippen molar-refractivity contribution in [2.45, 2.75) is 13.0 Å². The Morgan fingerprint density at radius 2 is 1.76 bits per heavy atom. The molecular weight excluding hydrogens is 385 g/mol. The summed E-state index contributed by atoms with van der Waals surface area (Å²) in [6, 6.07) is 11.7. The Morgan fingerprint density at radius 3 is 2.44 bits per heavy atom. The van der Waals surface area contributed by atoms with Crippen LogP contribution in [0.15, 0.2) is 48.5 Å². The molecule has 0 bridgehead atoms. The van der Waals surface area contributed by atoms with E-state index in [2.05, 4.69) is 5.32 Å². The van der Waals surface area contributed by atoms with Gasteiger partial charge in [-0.1, -0.05) is 53.0 Å². The smallest absolute Gasteiger partial charge is 0.331 e. The Bertz CT molecular complexity index is 821. The van der Waals surface area contributed by atoms with Crippen LogP contribution in [-0.4, -0.2) is 18.0 Å². The Morgan fingerprint density at radius 1 is 1.04 bits per heavy atom. The van der Waals surface area contributed by atoms with Crippen molar-refractivity contribution in [3.63, 3.8) is 0 Å². The van der Waals surface area contributed by atoms with Crippen molar-refractivity contribution < 1.29 is 14.3 Å². The van der Waals surface area contributed by atoms with Gasteiger partial charge in [0.05, 0.1) is 20.8 Å². The number of anilines is 1. The molecule has 2 aromatic rings. The van der Waals surface area contributed by atoms with Crippen LogP contribution in [0, 0.1) is 0 Å². The molecule has 0 radical (unpaired) electrons. The van der Waals surface area contributed by atoms with E-state index in [1.165, 1.54) is 19.1 Å². The minimum Gasteiger partial charge on any atom is -0.449 e. The van der Waals surface area contributed by atoms with Gasteiger partial charge in [-0.05, 0) is 42.8 Å². The van der Waals surface area contributed by atoms with Crippen LogP contribution in [0.5, 0.6) is 0 Å². The number of hydrogen-bond donors (Lipinski definition) is 1. The van der Waals surface area contributed by atoms with Crippen LogP contribution in [0.4, 0.5) is 5.69 Å². The number of nitrogens with one attached hydrogen (secondary N) is 1. The number of halogens is 3. The number of amides is 1. The molecule has 0 fully saturated rings. The number of esters is 1. The summed E-state index contributed by atoms with van der Waals surface area (Å²) in [5, 5.41) is 3.80. The average Bonchev–Trinajstić information content (AvgIpc) is 2.58. The maximum atomic E-state index is 12.1. The lowest BCUT2D eigenvalue weighted by Gasteiger charge is -2.13. The van der Waals surface area contributed by atoms with Gasteiger partial charge in [0.2, 0.25) is 0 Å². The van der Waals surface area contributed by atoms with Crippen molar-refractivity contribution in [1.82, 2.24) is 0 Å². The molecule has 2 aromatic carbocycles. The summed E-state index contributed by atoms with van der Waals surface area (Å²) < 4.78 is 5.06. The normalized spacial score (nSPS) is 12.0. The van der Waals surface area contributed by atoms with Crippen molar-refractivity contribution in [3.8, 4) is 0 Å². The van der Waals surface area contributed by atoms with Gasteiger partial charge in [0, 0.05) is 6.08 Å². The fraction of sp³-hybridized carbons (Fsp3) is 0.111. The Balaban J connectivity index is 1.92. The van der Waals surface area contributed by atoms with Crippen LogP contribution in [0.2, 0.25) is 15.1 Å². The zero-order valence-electron chi connectivity index (χ0n) is 13.1. The monoisotopic (exact) mass is 397 g/mol. The van der Waals surface area contributed by atoms with E-state index < -0.39 is 18.0 Å². The summed E-state index contributed by atoms with van der Waals surface area (Å²) >= 11 is 17.7. The first-order valence-corrected chi connectivity index (χ1v) is 8.39. The Hall–Kier alpha value is -2.01. The van der Waals surface area contributed by atoms with Crippen LogP contribution < -0.4 is 5.32 Å². The molecule has 0 heterocycles. The lowest BCUT2D eigenvalue weighted by atomic mass is 10.2. The largest absolute Gasteiger partial charge is 0.449 e. The third-order valence-electron chi connectivity index (χ3n) is 3.15. The van der Waals surface area contributed by atoms with Crippen LogP contribution in [0.1, 0.15) is 12.5 Å². The van der Waals surface area contributed by atoms with Crippen molar-refractivity contribution in [3.05, 3.63) is 69.2 Å². The molecule has 2 rings (SSSR count). The van der Waals surface area contributed by atoms with E-state index in [1.807, 2.05) is 0 Å². The van der Waals surface area contributed by atoms with E-state index in [0.29, 0.717) is 26.3 Å². The summed E-state index contributed by atoms with van der Waals surface area (Å²) in [6.45, 7) is 1.47. The molecule has 1 N–H and O–H groups in total. The van der Waals surface area contributed by atoms with Gasteiger partial charge < -0.3 is 10.1 Å². The zero-order valence-corrected chi connectivity index (χ0v) is 15.4. The van der Waals surface area contributed by atoms with Crippen LogP contribution >= 0.6 is 34.8 Å². The molecule has 0 spiro atoms. The molecule has 25 heavy (non-hydrogen) atoms. The van der Waals surface area contributed by atoms with Crippen LogP contribution in [-0.2, 0) is 14.3 Å². The van der Waals surface area contributed by atoms with Gasteiger partial charge in [-0.2, -0.15) is 0 Å². The summed E-state index contributed by atoms with van der Waals surface area (Å²) in [6.07, 6.45) is 1.74. The van der Waals surface area contributed by atoms with Gasteiger partial charge in [-0.3, -0.25) is 4.79 Å². The lowest BCUT2D eigenvalue weighted by molar-refractivity contribution is -0.148. The van der Waals surface area contributed by atoms with E-state index >= 15 is 0 Å². The molecule has 0 unspecified atom stereocenters. The zero-order chi connectivity index (χ0) is 18.4. The molecule has 0 aliphatic carbocycles. The highest BCUT2D eigenvalue weighted by molar-refractivity contribution is 6.42. The number of rotatable bonds is 5. The molecule has 7 heteroatoms. The second-order valence-corrected chi connectivity index (χ2v) is 6.28. The quantitative estimate of drug-likeness (QED) is 0.554. The molecule has 0 aliphatic rings. The number of hydrogen-bond acceptors (Lipinski definition) is 3. The highest BCUT2D eigenvalue weighted by Gasteiger charge is 2.17. The van der Waals surface area contributed by atoms with Gasteiger partial charge in [-0.25, -0.2) is 4.79 Å². The Kier molecular flexibility index (Phi) is 6.88. The van der Waals surface area contributed by atoms with Crippen molar-refractivity contribution in [1.29, 1.82) is 0 Å². The third-order valence-corrected chi connectivity index (χ3v) is 4.22. The highest BCUT2D eigenvalue weighted by atomic mass is 35.5. The molecule has 130 valence electrons. The standard InChI is InChI=1S/C18H14Cl3NO3/c1-11(18(24)22-16-5-3-2-4-14(16)20)25-17(23)9-7-12-6-8-13(19)15(21)10-12/h2-11H,1H3,(H,22,24)/b9-7+/t11-/m0/s1. The first-order valence-electron chi connectivity index (χ1n) is 7.26. The van der Waals surface area contributed by atoms with Crippen molar-refractivity contribution in [2.24, 2.45) is 0 Å². The van der Waals surface area contributed by atoms with E-state index in [1.54, 1.807) is 42.5 Å². The molecule has 4 nitrogen and oxygen atoms in total. The average molecular weight is 399 g/mol. The van der Waals surface area contributed by atoms with Gasteiger partial charge in [0.25, 0.3) is 5.91 Å². The lowest BCUT2D eigenvalue weighted by Crippen LogP contribution is -2.29. The third kappa shape index (κ3) is 5.78. The second-order valence-electron chi connectivity index (χ2n) is 5.06. The van der Waals surface area contributed by atoms with Crippen LogP contribution in [0.25, 0.3) is 6.08 Å². The first kappa shape index (κ1) is 19.3. The molecule has 0 saturated carbocycles. The van der Waals surface area contributed by atoms with Gasteiger partial charge in [0.1, 0.15) is 0 Å². The number of carbonyl (C=O) groups is 2. The molecular formula is C18H14Cl3NO3. The maximum absolute atomic E-state index is 12.1. The van der Waals surface area contributed by atoms with Gasteiger partial charge >= 0.3 is 5.97 Å². The van der Waals surface area contributed by atoms with E-state index in [-0.39, 0.29) is 0 Å². The Labute approximate surface area is 160 Å². The summed E-state index contributed by atoms with van der Waals surface area (Å²) in [5.74, 6) is -1.14. The highest BCUT2D eigenvalue weighted by Crippen LogP contribution is 2.23. The summed E-state index contributed by atoms with van der Waals surface area (Å²) in [7, 11) is 0.